The van der Waals surface area contributed by atoms with Crippen molar-refractivity contribution in [3.05, 3.63) is 35.4 Å². The summed E-state index contributed by atoms with van der Waals surface area (Å²) in [6.45, 7) is 2.65. The highest BCUT2D eigenvalue weighted by Crippen LogP contribution is 2.54. The monoisotopic (exact) mass is 227 g/mol. The van der Waals surface area contributed by atoms with Crippen LogP contribution < -0.4 is 0 Å². The molecule has 0 aromatic heterocycles. The molecule has 2 aliphatic heterocycles. The van der Waals surface area contributed by atoms with Crippen molar-refractivity contribution in [2.45, 2.75) is 44.1 Å². The molecule has 0 N–H and O–H groups in total. The summed E-state index contributed by atoms with van der Waals surface area (Å²) >= 11 is 0. The molecule has 2 fully saturated rings. The minimum absolute atomic E-state index is 0.451. The second-order valence-electron chi connectivity index (χ2n) is 6.05. The van der Waals surface area contributed by atoms with Gasteiger partial charge in [0, 0.05) is 12.1 Å². The number of fused-ring (bicyclic) bond motifs is 1. The average Bonchev–Trinajstić information content (AvgIpc) is 2.78. The van der Waals surface area contributed by atoms with Gasteiger partial charge in [0.15, 0.2) is 0 Å². The van der Waals surface area contributed by atoms with Gasteiger partial charge in [-0.25, -0.2) is 0 Å². The molecule has 0 amide bonds. The Bertz CT molecular complexity index is 439. The maximum absolute atomic E-state index is 2.82. The van der Waals surface area contributed by atoms with Gasteiger partial charge < -0.3 is 0 Å². The first-order chi connectivity index (χ1) is 8.41. The maximum Gasteiger partial charge on any atom is 0.0492 e. The molecule has 0 radical (unpaired) electrons. The van der Waals surface area contributed by atoms with Crippen molar-refractivity contribution in [1.82, 2.24) is 4.90 Å². The Kier molecular flexibility index (Phi) is 2.14. The van der Waals surface area contributed by atoms with Crippen LogP contribution >= 0.6 is 0 Å². The Hall–Kier alpha value is -0.820. The van der Waals surface area contributed by atoms with Crippen molar-refractivity contribution < 1.29 is 0 Å². The number of benzene rings is 1. The van der Waals surface area contributed by atoms with Crippen molar-refractivity contribution in [1.29, 1.82) is 0 Å². The largest absolute Gasteiger partial charge is 0.293 e. The molecular formula is C16H21N. The maximum atomic E-state index is 2.82. The molecule has 4 rings (SSSR count). The van der Waals surface area contributed by atoms with E-state index in [9.17, 15) is 0 Å². The molecule has 90 valence electrons. The minimum Gasteiger partial charge on any atom is -0.293 e. The van der Waals surface area contributed by atoms with E-state index in [2.05, 4.69) is 29.2 Å². The van der Waals surface area contributed by atoms with Crippen molar-refractivity contribution in [2.24, 2.45) is 5.92 Å². The lowest BCUT2D eigenvalue weighted by Gasteiger charge is -2.49. The Morgan fingerprint density at radius 3 is 3.00 bits per heavy atom. The van der Waals surface area contributed by atoms with Gasteiger partial charge in [-0.2, -0.15) is 0 Å². The zero-order valence-corrected chi connectivity index (χ0v) is 10.5. The summed E-state index contributed by atoms with van der Waals surface area (Å²) in [5.74, 6) is 0.942. The first kappa shape index (κ1) is 10.1. The van der Waals surface area contributed by atoms with Crippen molar-refractivity contribution in [3.8, 4) is 0 Å². The van der Waals surface area contributed by atoms with Crippen LogP contribution in [0.1, 0.15) is 43.2 Å². The quantitative estimate of drug-likeness (QED) is 0.657. The van der Waals surface area contributed by atoms with Crippen LogP contribution in [0.15, 0.2) is 24.3 Å². The molecule has 1 aromatic rings. The molecule has 1 saturated heterocycles. The van der Waals surface area contributed by atoms with E-state index in [1.54, 1.807) is 11.1 Å². The molecule has 0 bridgehead atoms. The van der Waals surface area contributed by atoms with E-state index in [4.69, 9.17) is 0 Å². The van der Waals surface area contributed by atoms with E-state index in [0.29, 0.717) is 5.54 Å². The van der Waals surface area contributed by atoms with E-state index in [1.807, 2.05) is 0 Å². The lowest BCUT2D eigenvalue weighted by Crippen LogP contribution is -2.50. The average molecular weight is 227 g/mol. The summed E-state index contributed by atoms with van der Waals surface area (Å²) in [6, 6.07) is 9.26. The minimum atomic E-state index is 0.451. The Balaban J connectivity index is 1.90. The second kappa shape index (κ2) is 3.58. The third-order valence-corrected chi connectivity index (χ3v) is 5.48. The molecule has 1 saturated carbocycles. The highest BCUT2D eigenvalue weighted by molar-refractivity contribution is 5.38. The zero-order chi connectivity index (χ0) is 11.3. The fraction of sp³-hybridized carbons (Fsp3) is 0.625. The summed E-state index contributed by atoms with van der Waals surface area (Å²) in [5.41, 5.74) is 3.78. The van der Waals surface area contributed by atoms with Crippen molar-refractivity contribution >= 4 is 0 Å². The van der Waals surface area contributed by atoms with Crippen molar-refractivity contribution in [3.63, 3.8) is 0 Å². The molecule has 17 heavy (non-hydrogen) atoms. The van der Waals surface area contributed by atoms with E-state index >= 15 is 0 Å². The summed E-state index contributed by atoms with van der Waals surface area (Å²) in [6.07, 6.45) is 8.47. The van der Waals surface area contributed by atoms with Crippen LogP contribution in [0.25, 0.3) is 0 Å². The summed E-state index contributed by atoms with van der Waals surface area (Å²) in [4.78, 5) is 2.82. The van der Waals surface area contributed by atoms with Crippen molar-refractivity contribution in [2.75, 3.05) is 13.1 Å². The fourth-order valence-electron chi connectivity index (χ4n) is 4.79. The number of rotatable bonds is 0. The highest BCUT2D eigenvalue weighted by Gasteiger charge is 2.52. The van der Waals surface area contributed by atoms with Gasteiger partial charge in [-0.1, -0.05) is 37.1 Å². The smallest absolute Gasteiger partial charge is 0.0492 e. The molecular weight excluding hydrogens is 206 g/mol. The summed E-state index contributed by atoms with van der Waals surface area (Å²) in [7, 11) is 0. The molecule has 2 atom stereocenters. The molecule has 0 unspecified atom stereocenters. The van der Waals surface area contributed by atoms with E-state index in [0.717, 1.165) is 5.92 Å². The van der Waals surface area contributed by atoms with Crippen LogP contribution in [0.4, 0.5) is 0 Å². The predicted molar refractivity (Wildman–Crippen MR) is 70.0 cm³/mol. The Labute approximate surface area is 104 Å². The van der Waals surface area contributed by atoms with Gasteiger partial charge in [0.05, 0.1) is 0 Å². The van der Waals surface area contributed by atoms with Gasteiger partial charge in [-0.05, 0) is 49.3 Å². The van der Waals surface area contributed by atoms with E-state index < -0.39 is 0 Å². The van der Waals surface area contributed by atoms with Gasteiger partial charge >= 0.3 is 0 Å². The molecule has 1 heteroatoms. The van der Waals surface area contributed by atoms with Crippen LogP contribution in [0.2, 0.25) is 0 Å². The molecule has 1 aromatic carbocycles. The number of nitrogens with zero attached hydrogens (tertiary/aromatic N) is 1. The van der Waals surface area contributed by atoms with Crippen LogP contribution in [0, 0.1) is 5.92 Å². The summed E-state index contributed by atoms with van der Waals surface area (Å²) in [5, 5.41) is 0. The first-order valence-electron chi connectivity index (χ1n) is 7.25. The van der Waals surface area contributed by atoms with Gasteiger partial charge in [-0.3, -0.25) is 4.90 Å². The Morgan fingerprint density at radius 1 is 1.06 bits per heavy atom. The number of hydrogen-bond donors (Lipinski definition) is 0. The SMILES string of the molecule is c1ccc2c(c1)CCN1CC[C@@H]3CCCC[C@@]231. The predicted octanol–water partition coefficient (Wildman–Crippen LogP) is 3.33. The van der Waals surface area contributed by atoms with Crippen LogP contribution in [0.3, 0.4) is 0 Å². The molecule has 1 aliphatic carbocycles. The van der Waals surface area contributed by atoms with Crippen LogP contribution in [0.5, 0.6) is 0 Å². The fourth-order valence-corrected chi connectivity index (χ4v) is 4.79. The lowest BCUT2D eigenvalue weighted by atomic mass is 9.67. The number of hydrogen-bond acceptors (Lipinski definition) is 1. The normalized spacial score (nSPS) is 36.1. The van der Waals surface area contributed by atoms with Gasteiger partial charge in [0.25, 0.3) is 0 Å². The second-order valence-corrected chi connectivity index (χ2v) is 6.05. The van der Waals surface area contributed by atoms with E-state index in [1.165, 1.54) is 51.6 Å². The third kappa shape index (κ3) is 1.24. The highest BCUT2D eigenvalue weighted by atomic mass is 15.2. The molecule has 1 spiro atoms. The topological polar surface area (TPSA) is 3.24 Å². The van der Waals surface area contributed by atoms with Gasteiger partial charge in [0.1, 0.15) is 0 Å². The summed E-state index contributed by atoms with van der Waals surface area (Å²) < 4.78 is 0. The lowest BCUT2D eigenvalue weighted by molar-refractivity contribution is 0.0504. The Morgan fingerprint density at radius 2 is 2.00 bits per heavy atom. The zero-order valence-electron chi connectivity index (χ0n) is 10.5. The molecule has 1 nitrogen and oxygen atoms in total. The first-order valence-corrected chi connectivity index (χ1v) is 7.25. The standard InChI is InChI=1S/C16H21N/c1-2-7-15-13(5-1)8-11-17-12-9-14-6-3-4-10-16(14,15)17/h1-2,5,7,14H,3-4,6,8-12H2/t14-,16-/m0/s1. The van der Waals surface area contributed by atoms with Gasteiger partial charge in [-0.15, -0.1) is 0 Å². The molecule has 3 aliphatic rings. The van der Waals surface area contributed by atoms with Gasteiger partial charge in [0.2, 0.25) is 0 Å². The van der Waals surface area contributed by atoms with Crippen LogP contribution in [-0.2, 0) is 12.0 Å². The van der Waals surface area contributed by atoms with Crippen LogP contribution in [-0.4, -0.2) is 18.0 Å². The van der Waals surface area contributed by atoms with E-state index in [-0.39, 0.29) is 0 Å². The molecule has 2 heterocycles. The third-order valence-electron chi connectivity index (χ3n) is 5.48.